The number of rotatable bonds is 6. The highest BCUT2D eigenvalue weighted by Gasteiger charge is 2.35. The number of hydrogen-bond acceptors (Lipinski definition) is 3. The van der Waals surface area contributed by atoms with E-state index < -0.39 is 23.5 Å². The van der Waals surface area contributed by atoms with E-state index in [-0.39, 0.29) is 5.92 Å². The number of carboxylic acid groups (broad SMARTS) is 1. The van der Waals surface area contributed by atoms with E-state index in [1.165, 1.54) is 6.92 Å². The van der Waals surface area contributed by atoms with Crippen LogP contribution >= 0.6 is 0 Å². The molecule has 0 aromatic heterocycles. The molecule has 0 spiro atoms. The first-order valence-corrected chi connectivity index (χ1v) is 5.55. The fourth-order valence-electron chi connectivity index (χ4n) is 1.38. The average molecular weight is 230 g/mol. The molecule has 0 aliphatic heterocycles. The summed E-state index contributed by atoms with van der Waals surface area (Å²) >= 11 is 0. The van der Waals surface area contributed by atoms with Gasteiger partial charge in [-0.15, -0.1) is 0 Å². The molecule has 0 heterocycles. The Labute approximate surface area is 96.4 Å². The van der Waals surface area contributed by atoms with Gasteiger partial charge in [0, 0.05) is 0 Å². The van der Waals surface area contributed by atoms with Crippen molar-refractivity contribution in [3.63, 3.8) is 0 Å². The van der Waals surface area contributed by atoms with Crippen LogP contribution in [-0.2, 0) is 9.59 Å². The number of nitrogens with two attached hydrogens (primary N) is 1. The number of carbonyl (C=O) groups is 2. The van der Waals surface area contributed by atoms with Gasteiger partial charge in [0.25, 0.3) is 0 Å². The molecular weight excluding hydrogens is 208 g/mol. The Kier molecular flexibility index (Phi) is 5.44. The third-order valence-corrected chi connectivity index (χ3v) is 2.64. The zero-order chi connectivity index (χ0) is 12.9. The Hall–Kier alpha value is -1.10. The van der Waals surface area contributed by atoms with E-state index in [0.717, 1.165) is 0 Å². The Morgan fingerprint density at radius 3 is 2.25 bits per heavy atom. The van der Waals surface area contributed by atoms with Crippen LogP contribution in [0.1, 0.15) is 40.5 Å². The minimum Gasteiger partial charge on any atom is -0.480 e. The van der Waals surface area contributed by atoms with E-state index in [9.17, 15) is 9.59 Å². The van der Waals surface area contributed by atoms with Crippen molar-refractivity contribution in [3.05, 3.63) is 0 Å². The van der Waals surface area contributed by atoms with Gasteiger partial charge in [-0.05, 0) is 19.3 Å². The molecule has 0 rings (SSSR count). The summed E-state index contributed by atoms with van der Waals surface area (Å²) in [4.78, 5) is 22.8. The number of aliphatic carboxylic acids is 1. The molecule has 5 nitrogen and oxygen atoms in total. The standard InChI is InChI=1S/C11H22N2O3/c1-5-6-11(4,10(15)16)13-9(14)8(12)7(2)3/h7-8H,5-6,12H2,1-4H3,(H,13,14)(H,15,16). The van der Waals surface area contributed by atoms with Gasteiger partial charge in [0.2, 0.25) is 5.91 Å². The van der Waals surface area contributed by atoms with Crippen molar-refractivity contribution in [2.24, 2.45) is 11.7 Å². The summed E-state index contributed by atoms with van der Waals surface area (Å²) in [5.74, 6) is -1.45. The highest BCUT2D eigenvalue weighted by Crippen LogP contribution is 2.13. The molecule has 4 N–H and O–H groups in total. The fourth-order valence-corrected chi connectivity index (χ4v) is 1.38. The predicted octanol–water partition coefficient (Wildman–Crippen LogP) is 0.729. The Bertz CT molecular complexity index is 266. The zero-order valence-electron chi connectivity index (χ0n) is 10.4. The molecule has 16 heavy (non-hydrogen) atoms. The molecule has 5 heteroatoms. The maximum atomic E-state index is 11.7. The number of carboxylic acids is 1. The van der Waals surface area contributed by atoms with Gasteiger partial charge >= 0.3 is 5.97 Å². The highest BCUT2D eigenvalue weighted by molar-refractivity contribution is 5.89. The molecule has 0 saturated carbocycles. The molecule has 0 radical (unpaired) electrons. The van der Waals surface area contributed by atoms with Gasteiger partial charge in [-0.2, -0.15) is 0 Å². The smallest absolute Gasteiger partial charge is 0.329 e. The van der Waals surface area contributed by atoms with Gasteiger partial charge in [0.15, 0.2) is 0 Å². The molecule has 0 bridgehead atoms. The summed E-state index contributed by atoms with van der Waals surface area (Å²) in [5.41, 5.74) is 4.43. The van der Waals surface area contributed by atoms with Crippen LogP contribution in [0.5, 0.6) is 0 Å². The molecule has 0 aliphatic rings. The van der Waals surface area contributed by atoms with E-state index in [0.29, 0.717) is 12.8 Å². The minimum atomic E-state index is -1.22. The molecule has 0 aliphatic carbocycles. The van der Waals surface area contributed by atoms with Gasteiger partial charge in [0.1, 0.15) is 5.54 Å². The second-order valence-electron chi connectivity index (χ2n) is 4.65. The first-order valence-electron chi connectivity index (χ1n) is 5.55. The maximum Gasteiger partial charge on any atom is 0.329 e. The summed E-state index contributed by atoms with van der Waals surface area (Å²) in [6, 6.07) is -0.671. The third-order valence-electron chi connectivity index (χ3n) is 2.64. The largest absolute Gasteiger partial charge is 0.480 e. The Balaban J connectivity index is 4.65. The Morgan fingerprint density at radius 2 is 1.94 bits per heavy atom. The Morgan fingerprint density at radius 1 is 1.44 bits per heavy atom. The number of carbonyl (C=O) groups excluding carboxylic acids is 1. The third kappa shape index (κ3) is 3.81. The van der Waals surface area contributed by atoms with Crippen LogP contribution in [0.15, 0.2) is 0 Å². The van der Waals surface area contributed by atoms with Crippen molar-refractivity contribution >= 4 is 11.9 Å². The lowest BCUT2D eigenvalue weighted by Gasteiger charge is -2.28. The van der Waals surface area contributed by atoms with Crippen LogP contribution in [-0.4, -0.2) is 28.6 Å². The van der Waals surface area contributed by atoms with Crippen molar-refractivity contribution in [1.82, 2.24) is 5.32 Å². The van der Waals surface area contributed by atoms with E-state index >= 15 is 0 Å². The first-order chi connectivity index (χ1) is 7.24. The lowest BCUT2D eigenvalue weighted by molar-refractivity contribution is -0.147. The monoisotopic (exact) mass is 230 g/mol. The predicted molar refractivity (Wildman–Crippen MR) is 61.9 cm³/mol. The van der Waals surface area contributed by atoms with E-state index in [1.54, 1.807) is 0 Å². The number of hydrogen-bond donors (Lipinski definition) is 3. The van der Waals surface area contributed by atoms with E-state index in [4.69, 9.17) is 10.8 Å². The lowest BCUT2D eigenvalue weighted by Crippen LogP contribution is -2.57. The van der Waals surface area contributed by atoms with Crippen molar-refractivity contribution in [3.8, 4) is 0 Å². The van der Waals surface area contributed by atoms with E-state index in [2.05, 4.69) is 5.32 Å². The van der Waals surface area contributed by atoms with Gasteiger partial charge in [0.05, 0.1) is 6.04 Å². The normalized spacial score (nSPS) is 16.6. The van der Waals surface area contributed by atoms with E-state index in [1.807, 2.05) is 20.8 Å². The molecular formula is C11H22N2O3. The second-order valence-corrected chi connectivity index (χ2v) is 4.65. The maximum absolute atomic E-state index is 11.7. The van der Waals surface area contributed by atoms with Gasteiger partial charge in [-0.1, -0.05) is 27.2 Å². The molecule has 2 unspecified atom stereocenters. The van der Waals surface area contributed by atoms with Crippen LogP contribution < -0.4 is 11.1 Å². The van der Waals surface area contributed by atoms with Crippen LogP contribution in [0.2, 0.25) is 0 Å². The zero-order valence-corrected chi connectivity index (χ0v) is 10.4. The highest BCUT2D eigenvalue weighted by atomic mass is 16.4. The SMILES string of the molecule is CCCC(C)(NC(=O)C(N)C(C)C)C(=O)O. The van der Waals surface area contributed by atoms with Gasteiger partial charge < -0.3 is 16.2 Å². The molecule has 0 aromatic carbocycles. The first kappa shape index (κ1) is 14.9. The average Bonchev–Trinajstić information content (AvgIpc) is 2.16. The molecule has 0 fully saturated rings. The summed E-state index contributed by atoms with van der Waals surface area (Å²) in [5, 5.41) is 11.6. The quantitative estimate of drug-likeness (QED) is 0.627. The van der Waals surface area contributed by atoms with Gasteiger partial charge in [-0.3, -0.25) is 4.79 Å². The lowest BCUT2D eigenvalue weighted by atomic mass is 9.94. The van der Waals surface area contributed by atoms with Crippen molar-refractivity contribution in [2.45, 2.75) is 52.1 Å². The molecule has 0 saturated heterocycles. The van der Waals surface area contributed by atoms with Crippen LogP contribution in [0.25, 0.3) is 0 Å². The number of amides is 1. The van der Waals surface area contributed by atoms with Crippen molar-refractivity contribution < 1.29 is 14.7 Å². The van der Waals surface area contributed by atoms with Crippen LogP contribution in [0.3, 0.4) is 0 Å². The molecule has 0 aromatic rings. The molecule has 2 atom stereocenters. The number of nitrogens with one attached hydrogen (secondary N) is 1. The second kappa shape index (κ2) is 5.84. The summed E-state index contributed by atoms with van der Waals surface area (Å²) in [7, 11) is 0. The molecule has 94 valence electrons. The van der Waals surface area contributed by atoms with Crippen molar-refractivity contribution in [1.29, 1.82) is 0 Å². The topological polar surface area (TPSA) is 92.4 Å². The summed E-state index contributed by atoms with van der Waals surface area (Å²) in [6.45, 7) is 7.02. The van der Waals surface area contributed by atoms with Crippen molar-refractivity contribution in [2.75, 3.05) is 0 Å². The molecule has 1 amide bonds. The van der Waals surface area contributed by atoms with Crippen LogP contribution in [0, 0.1) is 5.92 Å². The fraction of sp³-hybridized carbons (Fsp3) is 0.818. The summed E-state index contributed by atoms with van der Waals surface area (Å²) in [6.07, 6.45) is 1.07. The van der Waals surface area contributed by atoms with Crippen LogP contribution in [0.4, 0.5) is 0 Å². The minimum absolute atomic E-state index is 0.0142. The summed E-state index contributed by atoms with van der Waals surface area (Å²) < 4.78 is 0. The van der Waals surface area contributed by atoms with Gasteiger partial charge in [-0.25, -0.2) is 4.79 Å².